The number of hydrogen-bond donors (Lipinski definition) is 1. The molecule has 6 nitrogen and oxygen atoms in total. The van der Waals surface area contributed by atoms with Gasteiger partial charge in [-0.2, -0.15) is 0 Å². The fraction of sp³-hybridized carbons (Fsp3) is 0.480. The molecule has 168 valence electrons. The van der Waals surface area contributed by atoms with E-state index in [1.54, 1.807) is 0 Å². The second kappa shape index (κ2) is 11.8. The number of nitrogens with one attached hydrogen (secondary N) is 1. The van der Waals surface area contributed by atoms with Gasteiger partial charge in [-0.05, 0) is 35.4 Å². The molecule has 0 unspecified atom stereocenters. The molecule has 1 heterocycles. The van der Waals surface area contributed by atoms with Gasteiger partial charge in [0.1, 0.15) is 0 Å². The zero-order chi connectivity index (χ0) is 22.1. The summed E-state index contributed by atoms with van der Waals surface area (Å²) in [6, 6.07) is 17.0. The quantitative estimate of drug-likeness (QED) is 0.636. The van der Waals surface area contributed by atoms with E-state index in [-0.39, 0.29) is 5.91 Å². The fourth-order valence-electron chi connectivity index (χ4n) is 3.68. The summed E-state index contributed by atoms with van der Waals surface area (Å²) in [4.78, 5) is 19.1. The third kappa shape index (κ3) is 7.65. The number of morpholine rings is 1. The molecule has 0 aromatic heterocycles. The van der Waals surface area contributed by atoms with Crippen LogP contribution < -0.4 is 10.2 Å². The molecule has 3 rings (SSSR count). The third-order valence-corrected chi connectivity index (χ3v) is 5.70. The summed E-state index contributed by atoms with van der Waals surface area (Å²) in [5.41, 5.74) is 4.83. The molecule has 1 aliphatic heterocycles. The molecule has 0 saturated carbocycles. The van der Waals surface area contributed by atoms with E-state index < -0.39 is 0 Å². The summed E-state index contributed by atoms with van der Waals surface area (Å²) in [5.74, 6) is 0.0594. The summed E-state index contributed by atoms with van der Waals surface area (Å²) in [6.07, 6.45) is 0. The van der Waals surface area contributed by atoms with Gasteiger partial charge in [0.15, 0.2) is 0 Å². The Kier molecular flexibility index (Phi) is 8.88. The third-order valence-electron chi connectivity index (χ3n) is 5.70. The summed E-state index contributed by atoms with van der Waals surface area (Å²) in [6.45, 7) is 9.24. The van der Waals surface area contributed by atoms with Crippen molar-refractivity contribution in [3.8, 4) is 0 Å². The number of anilines is 1. The van der Waals surface area contributed by atoms with Gasteiger partial charge in [-0.1, -0.05) is 43.3 Å². The van der Waals surface area contributed by atoms with Crippen molar-refractivity contribution < 1.29 is 9.53 Å². The standard InChI is InChI=1S/C25H36N4O2/c1-4-28(18-23-9-11-24(12-10-23)27(2)3)20-25(30)26-17-21-5-7-22(8-6-21)19-29-13-15-31-16-14-29/h5-12H,4,13-20H2,1-3H3,(H,26,30). The predicted molar refractivity (Wildman–Crippen MR) is 126 cm³/mol. The number of carbonyl (C=O) groups is 1. The van der Waals surface area contributed by atoms with E-state index in [9.17, 15) is 4.79 Å². The van der Waals surface area contributed by atoms with Gasteiger partial charge in [-0.3, -0.25) is 14.6 Å². The molecule has 2 aromatic carbocycles. The van der Waals surface area contributed by atoms with Gasteiger partial charge in [-0.15, -0.1) is 0 Å². The molecular formula is C25H36N4O2. The van der Waals surface area contributed by atoms with Crippen LogP contribution in [0.2, 0.25) is 0 Å². The monoisotopic (exact) mass is 424 g/mol. The normalized spacial score (nSPS) is 14.6. The van der Waals surface area contributed by atoms with Gasteiger partial charge < -0.3 is 15.0 Å². The Labute approximate surface area is 186 Å². The van der Waals surface area contributed by atoms with Crippen molar-refractivity contribution in [1.82, 2.24) is 15.1 Å². The molecule has 1 N–H and O–H groups in total. The number of likely N-dealkylation sites (N-methyl/N-ethyl adjacent to an activating group) is 1. The number of carbonyl (C=O) groups excluding carboxylic acids is 1. The van der Waals surface area contributed by atoms with Crippen LogP contribution >= 0.6 is 0 Å². The van der Waals surface area contributed by atoms with Crippen LogP contribution in [-0.2, 0) is 29.2 Å². The number of ether oxygens (including phenoxy) is 1. The van der Waals surface area contributed by atoms with Gasteiger partial charge in [0.05, 0.1) is 19.8 Å². The molecule has 1 fully saturated rings. The highest BCUT2D eigenvalue weighted by molar-refractivity contribution is 5.78. The topological polar surface area (TPSA) is 48.1 Å². The van der Waals surface area contributed by atoms with Crippen molar-refractivity contribution >= 4 is 11.6 Å². The van der Waals surface area contributed by atoms with Gasteiger partial charge in [0, 0.05) is 52.5 Å². The largest absolute Gasteiger partial charge is 0.379 e. The van der Waals surface area contributed by atoms with Crippen molar-refractivity contribution in [3.63, 3.8) is 0 Å². The lowest BCUT2D eigenvalue weighted by molar-refractivity contribution is -0.122. The van der Waals surface area contributed by atoms with E-state index in [0.717, 1.165) is 51.5 Å². The number of nitrogens with zero attached hydrogens (tertiary/aromatic N) is 3. The molecule has 0 bridgehead atoms. The minimum Gasteiger partial charge on any atom is -0.379 e. The Hall–Kier alpha value is -2.41. The minimum absolute atomic E-state index is 0.0594. The summed E-state index contributed by atoms with van der Waals surface area (Å²) < 4.78 is 5.41. The van der Waals surface area contributed by atoms with E-state index in [1.165, 1.54) is 16.8 Å². The lowest BCUT2D eigenvalue weighted by Crippen LogP contribution is -2.36. The van der Waals surface area contributed by atoms with Crippen molar-refractivity contribution in [1.29, 1.82) is 0 Å². The maximum atomic E-state index is 12.5. The molecule has 0 aliphatic carbocycles. The Balaban J connectivity index is 1.42. The van der Waals surface area contributed by atoms with Crippen molar-refractivity contribution in [2.45, 2.75) is 26.6 Å². The lowest BCUT2D eigenvalue weighted by atomic mass is 10.1. The van der Waals surface area contributed by atoms with Crippen LogP contribution in [0.4, 0.5) is 5.69 Å². The summed E-state index contributed by atoms with van der Waals surface area (Å²) in [5, 5.41) is 3.06. The lowest BCUT2D eigenvalue weighted by Gasteiger charge is -2.26. The van der Waals surface area contributed by atoms with Crippen LogP contribution in [0.25, 0.3) is 0 Å². The van der Waals surface area contributed by atoms with E-state index in [1.807, 2.05) is 14.1 Å². The highest BCUT2D eigenvalue weighted by Crippen LogP contribution is 2.14. The van der Waals surface area contributed by atoms with Crippen molar-refractivity contribution in [2.75, 3.05) is 58.4 Å². The van der Waals surface area contributed by atoms with Crippen molar-refractivity contribution in [2.24, 2.45) is 0 Å². The molecule has 2 aromatic rings. The van der Waals surface area contributed by atoms with Crippen LogP contribution in [0.15, 0.2) is 48.5 Å². The Morgan fingerprint density at radius 1 is 0.968 bits per heavy atom. The molecule has 1 amide bonds. The van der Waals surface area contributed by atoms with E-state index in [4.69, 9.17) is 4.74 Å². The summed E-state index contributed by atoms with van der Waals surface area (Å²) >= 11 is 0. The highest BCUT2D eigenvalue weighted by atomic mass is 16.5. The minimum atomic E-state index is 0.0594. The van der Waals surface area contributed by atoms with E-state index in [0.29, 0.717) is 13.1 Å². The molecule has 0 radical (unpaired) electrons. The first kappa shape index (κ1) is 23.3. The van der Waals surface area contributed by atoms with E-state index >= 15 is 0 Å². The van der Waals surface area contributed by atoms with Gasteiger partial charge >= 0.3 is 0 Å². The van der Waals surface area contributed by atoms with Gasteiger partial charge in [0.25, 0.3) is 0 Å². The molecular weight excluding hydrogens is 388 g/mol. The second-order valence-corrected chi connectivity index (χ2v) is 8.35. The molecule has 31 heavy (non-hydrogen) atoms. The number of amides is 1. The Bertz CT molecular complexity index is 799. The first-order valence-electron chi connectivity index (χ1n) is 11.2. The maximum absolute atomic E-state index is 12.5. The molecule has 6 heteroatoms. The average molecular weight is 425 g/mol. The Morgan fingerprint density at radius 3 is 2.19 bits per heavy atom. The summed E-state index contributed by atoms with van der Waals surface area (Å²) in [7, 11) is 4.07. The van der Waals surface area contributed by atoms with Crippen LogP contribution in [-0.4, -0.2) is 69.2 Å². The maximum Gasteiger partial charge on any atom is 0.234 e. The van der Waals surface area contributed by atoms with Crippen LogP contribution in [0.3, 0.4) is 0 Å². The van der Waals surface area contributed by atoms with Crippen LogP contribution in [0.1, 0.15) is 23.6 Å². The average Bonchev–Trinajstić information content (AvgIpc) is 2.79. The zero-order valence-electron chi connectivity index (χ0n) is 19.1. The molecule has 0 atom stereocenters. The van der Waals surface area contributed by atoms with Crippen LogP contribution in [0, 0.1) is 0 Å². The van der Waals surface area contributed by atoms with Crippen molar-refractivity contribution in [3.05, 3.63) is 65.2 Å². The van der Waals surface area contributed by atoms with Crippen LogP contribution in [0.5, 0.6) is 0 Å². The fourth-order valence-corrected chi connectivity index (χ4v) is 3.68. The zero-order valence-corrected chi connectivity index (χ0v) is 19.1. The van der Waals surface area contributed by atoms with Gasteiger partial charge in [-0.25, -0.2) is 0 Å². The second-order valence-electron chi connectivity index (χ2n) is 8.35. The molecule has 0 spiro atoms. The predicted octanol–water partition coefficient (Wildman–Crippen LogP) is 2.72. The Morgan fingerprint density at radius 2 is 1.58 bits per heavy atom. The number of benzene rings is 2. The molecule has 1 aliphatic rings. The highest BCUT2D eigenvalue weighted by Gasteiger charge is 2.12. The SMILES string of the molecule is CCN(CC(=O)NCc1ccc(CN2CCOCC2)cc1)Cc1ccc(N(C)C)cc1. The van der Waals surface area contributed by atoms with E-state index in [2.05, 4.69) is 75.5 Å². The number of hydrogen-bond acceptors (Lipinski definition) is 5. The smallest absolute Gasteiger partial charge is 0.234 e. The van der Waals surface area contributed by atoms with Gasteiger partial charge in [0.2, 0.25) is 5.91 Å². The first-order chi connectivity index (χ1) is 15.0. The number of rotatable bonds is 10. The first-order valence-corrected chi connectivity index (χ1v) is 11.2. The molecule has 1 saturated heterocycles.